The minimum atomic E-state index is -0.300. The summed E-state index contributed by atoms with van der Waals surface area (Å²) in [4.78, 5) is 12.2. The summed E-state index contributed by atoms with van der Waals surface area (Å²) in [5, 5.41) is 3.38. The van der Waals surface area contributed by atoms with Crippen LogP contribution < -0.4 is 5.32 Å². The molecule has 2 aromatic carbocycles. The molecule has 0 bridgehead atoms. The number of benzene rings is 2. The van der Waals surface area contributed by atoms with Crippen LogP contribution in [-0.4, -0.2) is 5.91 Å². The Kier molecular flexibility index (Phi) is 4.32. The normalized spacial score (nSPS) is 10.5. The van der Waals surface area contributed by atoms with E-state index in [4.69, 9.17) is 16.0 Å². The standard InChI is InChI=1S/C17H11BrClNO2/c18-12-3-1-11(2-4-12)15-9-10-16(22-15)17(21)20-14-7-5-13(19)6-8-14/h1-10H,(H,20,21). The van der Waals surface area contributed by atoms with E-state index in [9.17, 15) is 4.79 Å². The Bertz CT molecular complexity index is 794. The molecule has 0 saturated carbocycles. The summed E-state index contributed by atoms with van der Waals surface area (Å²) in [6.07, 6.45) is 0. The van der Waals surface area contributed by atoms with E-state index in [-0.39, 0.29) is 11.7 Å². The van der Waals surface area contributed by atoms with Crippen molar-refractivity contribution in [2.24, 2.45) is 0 Å². The van der Waals surface area contributed by atoms with Crippen LogP contribution in [0.5, 0.6) is 0 Å². The highest BCUT2D eigenvalue weighted by Crippen LogP contribution is 2.24. The Morgan fingerprint density at radius 3 is 2.32 bits per heavy atom. The first-order valence-corrected chi connectivity index (χ1v) is 7.71. The molecule has 3 aromatic rings. The van der Waals surface area contributed by atoms with Gasteiger partial charge in [0.25, 0.3) is 5.91 Å². The minimum absolute atomic E-state index is 0.257. The van der Waals surface area contributed by atoms with Gasteiger partial charge in [0, 0.05) is 20.7 Å². The van der Waals surface area contributed by atoms with Gasteiger partial charge < -0.3 is 9.73 Å². The molecule has 0 fully saturated rings. The van der Waals surface area contributed by atoms with Gasteiger partial charge in [-0.3, -0.25) is 4.79 Å². The van der Waals surface area contributed by atoms with Crippen molar-refractivity contribution in [3.8, 4) is 11.3 Å². The van der Waals surface area contributed by atoms with E-state index in [0.717, 1.165) is 10.0 Å². The van der Waals surface area contributed by atoms with Crippen molar-refractivity contribution in [3.63, 3.8) is 0 Å². The minimum Gasteiger partial charge on any atom is -0.451 e. The lowest BCUT2D eigenvalue weighted by Crippen LogP contribution is -2.10. The molecule has 0 aliphatic carbocycles. The van der Waals surface area contributed by atoms with Gasteiger partial charge in [-0.15, -0.1) is 0 Å². The fraction of sp³-hybridized carbons (Fsp3) is 0. The van der Waals surface area contributed by atoms with Crippen molar-refractivity contribution in [1.29, 1.82) is 0 Å². The van der Waals surface area contributed by atoms with Crippen molar-refractivity contribution in [3.05, 3.63) is 75.9 Å². The number of rotatable bonds is 3. The molecule has 1 aromatic heterocycles. The van der Waals surface area contributed by atoms with Crippen molar-refractivity contribution in [2.75, 3.05) is 5.32 Å². The molecule has 0 aliphatic heterocycles. The highest BCUT2D eigenvalue weighted by molar-refractivity contribution is 9.10. The lowest BCUT2D eigenvalue weighted by molar-refractivity contribution is 0.0997. The first kappa shape index (κ1) is 14.9. The number of nitrogens with one attached hydrogen (secondary N) is 1. The highest BCUT2D eigenvalue weighted by atomic mass is 79.9. The molecule has 0 atom stereocenters. The molecule has 0 radical (unpaired) electrons. The van der Waals surface area contributed by atoms with E-state index in [0.29, 0.717) is 16.5 Å². The monoisotopic (exact) mass is 375 g/mol. The Hall–Kier alpha value is -2.04. The summed E-state index contributed by atoms with van der Waals surface area (Å²) >= 11 is 9.20. The highest BCUT2D eigenvalue weighted by Gasteiger charge is 2.12. The van der Waals surface area contributed by atoms with Gasteiger partial charge in [0.15, 0.2) is 5.76 Å². The Labute approximate surface area is 141 Å². The van der Waals surface area contributed by atoms with E-state index in [1.807, 2.05) is 24.3 Å². The summed E-state index contributed by atoms with van der Waals surface area (Å²) in [7, 11) is 0. The largest absolute Gasteiger partial charge is 0.451 e. The molecule has 1 N–H and O–H groups in total. The SMILES string of the molecule is O=C(Nc1ccc(Cl)cc1)c1ccc(-c2ccc(Br)cc2)o1. The van der Waals surface area contributed by atoms with Crippen LogP contribution in [0.2, 0.25) is 5.02 Å². The van der Waals surface area contributed by atoms with Crippen molar-refractivity contribution in [1.82, 2.24) is 0 Å². The van der Waals surface area contributed by atoms with Crippen LogP contribution in [0.3, 0.4) is 0 Å². The molecule has 3 nitrogen and oxygen atoms in total. The van der Waals surface area contributed by atoms with Gasteiger partial charge in [-0.1, -0.05) is 39.7 Å². The summed E-state index contributed by atoms with van der Waals surface area (Å²) in [6.45, 7) is 0. The van der Waals surface area contributed by atoms with Crippen LogP contribution in [0.1, 0.15) is 10.6 Å². The van der Waals surface area contributed by atoms with Gasteiger partial charge >= 0.3 is 0 Å². The van der Waals surface area contributed by atoms with E-state index in [1.165, 1.54) is 0 Å². The molecule has 1 amide bonds. The third-order valence-electron chi connectivity index (χ3n) is 3.06. The number of furan rings is 1. The molecule has 0 aliphatic rings. The zero-order chi connectivity index (χ0) is 15.5. The van der Waals surface area contributed by atoms with Gasteiger partial charge in [-0.25, -0.2) is 0 Å². The maximum atomic E-state index is 12.2. The van der Waals surface area contributed by atoms with Crippen molar-refractivity contribution < 1.29 is 9.21 Å². The second-order valence-electron chi connectivity index (χ2n) is 4.63. The number of hydrogen-bond acceptors (Lipinski definition) is 2. The summed E-state index contributed by atoms with van der Waals surface area (Å²) in [5.74, 6) is 0.604. The van der Waals surface area contributed by atoms with Crippen LogP contribution in [0.4, 0.5) is 5.69 Å². The number of carbonyl (C=O) groups is 1. The average Bonchev–Trinajstić information content (AvgIpc) is 3.00. The molecule has 3 rings (SSSR count). The number of halogens is 2. The van der Waals surface area contributed by atoms with Crippen LogP contribution >= 0.6 is 27.5 Å². The molecule has 1 heterocycles. The summed E-state index contributed by atoms with van der Waals surface area (Å²) in [6, 6.07) is 18.0. The van der Waals surface area contributed by atoms with E-state index in [1.54, 1.807) is 36.4 Å². The summed E-state index contributed by atoms with van der Waals surface area (Å²) in [5.41, 5.74) is 1.57. The third-order valence-corrected chi connectivity index (χ3v) is 3.84. The maximum Gasteiger partial charge on any atom is 0.291 e. The molecular weight excluding hydrogens is 366 g/mol. The molecule has 0 saturated heterocycles. The van der Waals surface area contributed by atoms with E-state index < -0.39 is 0 Å². The Morgan fingerprint density at radius 1 is 0.955 bits per heavy atom. The van der Waals surface area contributed by atoms with Gasteiger partial charge in [0.05, 0.1) is 0 Å². The molecular formula is C17H11BrClNO2. The molecule has 110 valence electrons. The lowest BCUT2D eigenvalue weighted by atomic mass is 10.2. The first-order valence-electron chi connectivity index (χ1n) is 6.54. The number of amides is 1. The molecule has 0 spiro atoms. The molecule has 0 unspecified atom stereocenters. The predicted molar refractivity (Wildman–Crippen MR) is 91.2 cm³/mol. The van der Waals surface area contributed by atoms with Crippen molar-refractivity contribution >= 4 is 39.1 Å². The van der Waals surface area contributed by atoms with Crippen molar-refractivity contribution in [2.45, 2.75) is 0 Å². The Morgan fingerprint density at radius 2 is 1.64 bits per heavy atom. The maximum absolute atomic E-state index is 12.2. The number of anilines is 1. The van der Waals surface area contributed by atoms with Crippen LogP contribution in [0, 0.1) is 0 Å². The number of carbonyl (C=O) groups excluding carboxylic acids is 1. The number of hydrogen-bond donors (Lipinski definition) is 1. The van der Waals surface area contributed by atoms with Gasteiger partial charge in [0.1, 0.15) is 5.76 Å². The van der Waals surface area contributed by atoms with E-state index in [2.05, 4.69) is 21.2 Å². The first-order chi connectivity index (χ1) is 10.6. The predicted octanol–water partition coefficient (Wildman–Crippen LogP) is 5.61. The Balaban J connectivity index is 1.76. The second kappa shape index (κ2) is 6.38. The lowest BCUT2D eigenvalue weighted by Gasteiger charge is -2.03. The van der Waals surface area contributed by atoms with Gasteiger partial charge in [0.2, 0.25) is 0 Å². The third kappa shape index (κ3) is 3.40. The summed E-state index contributed by atoms with van der Waals surface area (Å²) < 4.78 is 6.60. The van der Waals surface area contributed by atoms with Gasteiger partial charge in [-0.05, 0) is 48.5 Å². The average molecular weight is 377 g/mol. The zero-order valence-corrected chi connectivity index (χ0v) is 13.7. The molecule has 5 heteroatoms. The fourth-order valence-corrected chi connectivity index (χ4v) is 2.35. The van der Waals surface area contributed by atoms with Crippen LogP contribution in [0.15, 0.2) is 69.6 Å². The molecule has 22 heavy (non-hydrogen) atoms. The van der Waals surface area contributed by atoms with Crippen LogP contribution in [-0.2, 0) is 0 Å². The zero-order valence-electron chi connectivity index (χ0n) is 11.3. The van der Waals surface area contributed by atoms with Crippen LogP contribution in [0.25, 0.3) is 11.3 Å². The smallest absolute Gasteiger partial charge is 0.291 e. The second-order valence-corrected chi connectivity index (χ2v) is 5.98. The fourth-order valence-electron chi connectivity index (χ4n) is 1.96. The quantitative estimate of drug-likeness (QED) is 0.645. The topological polar surface area (TPSA) is 42.2 Å². The van der Waals surface area contributed by atoms with E-state index >= 15 is 0 Å². The van der Waals surface area contributed by atoms with Gasteiger partial charge in [-0.2, -0.15) is 0 Å².